The van der Waals surface area contributed by atoms with Crippen LogP contribution in [0.2, 0.25) is 0 Å². The molecule has 3 N–H and O–H groups in total. The highest BCUT2D eigenvalue weighted by Gasteiger charge is 2.03. The van der Waals surface area contributed by atoms with Gasteiger partial charge in [-0.2, -0.15) is 0 Å². The second kappa shape index (κ2) is 4.03. The minimum Gasteiger partial charge on any atom is -0.342 e. The Morgan fingerprint density at radius 1 is 1.47 bits per heavy atom. The fourth-order valence-electron chi connectivity index (χ4n) is 1.78. The van der Waals surface area contributed by atoms with E-state index in [0.717, 1.165) is 29.7 Å². The van der Waals surface area contributed by atoms with E-state index < -0.39 is 0 Å². The topological polar surface area (TPSA) is 54.7 Å². The molecular formula is C12H17N3. The summed E-state index contributed by atoms with van der Waals surface area (Å²) < 4.78 is 0. The summed E-state index contributed by atoms with van der Waals surface area (Å²) >= 11 is 0. The van der Waals surface area contributed by atoms with Crippen molar-refractivity contribution in [2.75, 3.05) is 0 Å². The standard InChI is InChI=1S/C12H17N3/c1-3-12-14-10-5-4-9(6-8(2)13)7-11(10)15-12/h4-5,7-8H,3,6,13H2,1-2H3,(H,14,15). The highest BCUT2D eigenvalue weighted by molar-refractivity contribution is 5.75. The van der Waals surface area contributed by atoms with Crippen molar-refractivity contribution in [1.29, 1.82) is 0 Å². The molecule has 0 aliphatic heterocycles. The molecule has 0 fully saturated rings. The molecule has 0 amide bonds. The molecule has 0 spiro atoms. The summed E-state index contributed by atoms with van der Waals surface area (Å²) in [5.41, 5.74) is 9.20. The molecule has 2 rings (SSSR count). The van der Waals surface area contributed by atoms with Crippen LogP contribution >= 0.6 is 0 Å². The third-order valence-corrected chi connectivity index (χ3v) is 2.49. The Morgan fingerprint density at radius 2 is 2.27 bits per heavy atom. The predicted octanol–water partition coefficient (Wildman–Crippen LogP) is 2.02. The molecule has 3 nitrogen and oxygen atoms in total. The molecule has 1 unspecified atom stereocenters. The summed E-state index contributed by atoms with van der Waals surface area (Å²) in [5, 5.41) is 0. The summed E-state index contributed by atoms with van der Waals surface area (Å²) in [5.74, 6) is 1.04. The molecule has 0 aliphatic carbocycles. The maximum absolute atomic E-state index is 5.77. The van der Waals surface area contributed by atoms with Gasteiger partial charge in [-0.1, -0.05) is 13.0 Å². The lowest BCUT2D eigenvalue weighted by atomic mass is 10.1. The maximum atomic E-state index is 5.77. The minimum absolute atomic E-state index is 0.205. The van der Waals surface area contributed by atoms with E-state index in [0.29, 0.717) is 0 Å². The summed E-state index contributed by atoms with van der Waals surface area (Å²) in [6.07, 6.45) is 1.85. The molecule has 0 aliphatic rings. The van der Waals surface area contributed by atoms with Crippen LogP contribution in [-0.4, -0.2) is 16.0 Å². The van der Waals surface area contributed by atoms with Crippen LogP contribution in [0.3, 0.4) is 0 Å². The van der Waals surface area contributed by atoms with Crippen LogP contribution in [0.1, 0.15) is 25.2 Å². The Morgan fingerprint density at radius 3 is 2.93 bits per heavy atom. The van der Waals surface area contributed by atoms with E-state index in [1.807, 2.05) is 6.92 Å². The number of benzene rings is 1. The highest BCUT2D eigenvalue weighted by Crippen LogP contribution is 2.14. The smallest absolute Gasteiger partial charge is 0.106 e. The largest absolute Gasteiger partial charge is 0.342 e. The van der Waals surface area contributed by atoms with Crippen molar-refractivity contribution in [3.05, 3.63) is 29.6 Å². The van der Waals surface area contributed by atoms with Gasteiger partial charge in [0.15, 0.2) is 0 Å². The van der Waals surface area contributed by atoms with Crippen molar-refractivity contribution in [2.24, 2.45) is 5.73 Å². The first kappa shape index (κ1) is 10.2. The molecule has 0 bridgehead atoms. The van der Waals surface area contributed by atoms with Gasteiger partial charge in [-0.3, -0.25) is 0 Å². The number of aryl methyl sites for hydroxylation is 1. The second-order valence-corrected chi connectivity index (χ2v) is 4.07. The number of nitrogens with zero attached hydrogens (tertiary/aromatic N) is 1. The van der Waals surface area contributed by atoms with Gasteiger partial charge in [0, 0.05) is 12.5 Å². The molecular weight excluding hydrogens is 186 g/mol. The van der Waals surface area contributed by atoms with Gasteiger partial charge < -0.3 is 10.7 Å². The molecule has 80 valence electrons. The quantitative estimate of drug-likeness (QED) is 0.801. The van der Waals surface area contributed by atoms with Crippen molar-refractivity contribution >= 4 is 11.0 Å². The molecule has 1 heterocycles. The average Bonchev–Trinajstić information content (AvgIpc) is 2.58. The zero-order valence-electron chi connectivity index (χ0n) is 9.25. The number of nitrogens with one attached hydrogen (secondary N) is 1. The number of rotatable bonds is 3. The van der Waals surface area contributed by atoms with Gasteiger partial charge >= 0.3 is 0 Å². The summed E-state index contributed by atoms with van der Waals surface area (Å²) in [6.45, 7) is 4.12. The van der Waals surface area contributed by atoms with Crippen molar-refractivity contribution in [3.8, 4) is 0 Å². The highest BCUT2D eigenvalue weighted by atomic mass is 14.9. The number of aromatic amines is 1. The number of H-pyrrole nitrogens is 1. The molecule has 0 radical (unpaired) electrons. The van der Waals surface area contributed by atoms with Gasteiger partial charge in [-0.05, 0) is 31.0 Å². The van der Waals surface area contributed by atoms with Crippen LogP contribution in [0.25, 0.3) is 11.0 Å². The van der Waals surface area contributed by atoms with E-state index in [-0.39, 0.29) is 6.04 Å². The Bertz CT molecular complexity index is 457. The van der Waals surface area contributed by atoms with Crippen LogP contribution in [0.4, 0.5) is 0 Å². The lowest BCUT2D eigenvalue weighted by Crippen LogP contribution is -2.17. The van der Waals surface area contributed by atoms with Gasteiger partial charge in [-0.25, -0.2) is 4.98 Å². The summed E-state index contributed by atoms with van der Waals surface area (Å²) in [4.78, 5) is 7.77. The van der Waals surface area contributed by atoms with Crippen LogP contribution in [0.15, 0.2) is 18.2 Å². The molecule has 1 aromatic carbocycles. The summed E-state index contributed by atoms with van der Waals surface area (Å²) in [6, 6.07) is 6.51. The number of fused-ring (bicyclic) bond motifs is 1. The number of hydrogen-bond acceptors (Lipinski definition) is 2. The summed E-state index contributed by atoms with van der Waals surface area (Å²) in [7, 11) is 0. The lowest BCUT2D eigenvalue weighted by molar-refractivity contribution is 0.739. The third kappa shape index (κ3) is 2.18. The van der Waals surface area contributed by atoms with Crippen molar-refractivity contribution < 1.29 is 0 Å². The van der Waals surface area contributed by atoms with E-state index in [1.54, 1.807) is 0 Å². The predicted molar refractivity (Wildman–Crippen MR) is 62.8 cm³/mol. The zero-order chi connectivity index (χ0) is 10.8. The van der Waals surface area contributed by atoms with Crippen LogP contribution in [-0.2, 0) is 12.8 Å². The van der Waals surface area contributed by atoms with Gasteiger partial charge in [-0.15, -0.1) is 0 Å². The Kier molecular flexibility index (Phi) is 2.73. The molecule has 15 heavy (non-hydrogen) atoms. The van der Waals surface area contributed by atoms with Crippen molar-refractivity contribution in [2.45, 2.75) is 32.7 Å². The van der Waals surface area contributed by atoms with Gasteiger partial charge in [0.1, 0.15) is 5.82 Å². The van der Waals surface area contributed by atoms with E-state index in [2.05, 4.69) is 35.1 Å². The minimum atomic E-state index is 0.205. The first-order valence-corrected chi connectivity index (χ1v) is 5.42. The molecule has 0 saturated carbocycles. The zero-order valence-corrected chi connectivity index (χ0v) is 9.25. The van der Waals surface area contributed by atoms with Gasteiger partial charge in [0.05, 0.1) is 11.0 Å². The first-order valence-electron chi connectivity index (χ1n) is 5.42. The molecule has 1 atom stereocenters. The van der Waals surface area contributed by atoms with E-state index in [1.165, 1.54) is 5.56 Å². The fourth-order valence-corrected chi connectivity index (χ4v) is 1.78. The third-order valence-electron chi connectivity index (χ3n) is 2.49. The van der Waals surface area contributed by atoms with Crippen molar-refractivity contribution in [3.63, 3.8) is 0 Å². The molecule has 3 heteroatoms. The fraction of sp³-hybridized carbons (Fsp3) is 0.417. The number of imidazole rings is 1. The van der Waals surface area contributed by atoms with E-state index >= 15 is 0 Å². The lowest BCUT2D eigenvalue weighted by Gasteiger charge is -2.04. The van der Waals surface area contributed by atoms with Crippen LogP contribution in [0, 0.1) is 0 Å². The van der Waals surface area contributed by atoms with Gasteiger partial charge in [0.2, 0.25) is 0 Å². The molecule has 2 aromatic rings. The maximum Gasteiger partial charge on any atom is 0.106 e. The molecule has 0 saturated heterocycles. The van der Waals surface area contributed by atoms with E-state index in [9.17, 15) is 0 Å². The Labute approximate surface area is 89.7 Å². The van der Waals surface area contributed by atoms with E-state index in [4.69, 9.17) is 5.73 Å². The average molecular weight is 203 g/mol. The second-order valence-electron chi connectivity index (χ2n) is 4.07. The monoisotopic (exact) mass is 203 g/mol. The number of aromatic nitrogens is 2. The first-order chi connectivity index (χ1) is 7.19. The van der Waals surface area contributed by atoms with Crippen LogP contribution in [0.5, 0.6) is 0 Å². The van der Waals surface area contributed by atoms with Gasteiger partial charge in [0.25, 0.3) is 0 Å². The SMILES string of the molecule is CCc1nc2ccc(CC(C)N)cc2[nH]1. The molecule has 1 aromatic heterocycles. The Hall–Kier alpha value is -1.35. The van der Waals surface area contributed by atoms with Crippen molar-refractivity contribution in [1.82, 2.24) is 9.97 Å². The Balaban J connectivity index is 2.37. The van der Waals surface area contributed by atoms with Crippen LogP contribution < -0.4 is 5.73 Å². The number of hydrogen-bond donors (Lipinski definition) is 2. The number of nitrogens with two attached hydrogens (primary N) is 1. The normalized spacial score (nSPS) is 13.3.